The van der Waals surface area contributed by atoms with Gasteiger partial charge in [0.2, 0.25) is 0 Å². The summed E-state index contributed by atoms with van der Waals surface area (Å²) in [6.45, 7) is 4.31. The molecule has 9 nitrogen and oxygen atoms in total. The van der Waals surface area contributed by atoms with Crippen molar-refractivity contribution in [2.45, 2.75) is 30.8 Å². The van der Waals surface area contributed by atoms with Crippen LogP contribution in [0.1, 0.15) is 30.1 Å². The van der Waals surface area contributed by atoms with Gasteiger partial charge in [-0.2, -0.15) is 4.31 Å². The molecule has 3 aromatic rings. The average molecular weight is 569 g/mol. The van der Waals surface area contributed by atoms with E-state index >= 15 is 0 Å². The molecule has 2 atom stereocenters. The zero-order valence-electron chi connectivity index (χ0n) is 20.4. The lowest BCUT2D eigenvalue weighted by Gasteiger charge is -2.38. The van der Waals surface area contributed by atoms with E-state index in [2.05, 4.69) is 15.3 Å². The van der Waals surface area contributed by atoms with E-state index in [0.717, 1.165) is 6.20 Å². The minimum Gasteiger partial charge on any atom is -0.353 e. The molecule has 0 amide bonds. The molecule has 5 rings (SSSR count). The number of pyridine rings is 2. The Labute approximate surface area is 224 Å². The second kappa shape index (κ2) is 10.1. The highest BCUT2D eigenvalue weighted by Gasteiger charge is 2.35. The van der Waals surface area contributed by atoms with Gasteiger partial charge in [0.15, 0.2) is 10.8 Å². The predicted octanol–water partition coefficient (Wildman–Crippen LogP) is 3.50. The second-order valence-electron chi connectivity index (χ2n) is 9.54. The summed E-state index contributed by atoms with van der Waals surface area (Å²) in [5.41, 5.74) is 0.843. The number of nitrogens with zero attached hydrogens (tertiary/aromatic N) is 5. The van der Waals surface area contributed by atoms with Gasteiger partial charge in [-0.25, -0.2) is 22.8 Å². The fourth-order valence-corrected chi connectivity index (χ4v) is 7.32. The largest absolute Gasteiger partial charge is 0.353 e. The number of anilines is 1. The van der Waals surface area contributed by atoms with Crippen molar-refractivity contribution in [2.75, 3.05) is 37.6 Å². The van der Waals surface area contributed by atoms with Gasteiger partial charge in [-0.15, -0.1) is 0 Å². The standard InChI is InChI=1S/C24H27Cl2FN6O3S/c1-14-9-15(3-6-33(14)23-19(25)10-16(27)12-29-23)21(34)18-13-31(2)22-17(18)11-20(26)24(30-22)37(35,36)32-7-4-28-5-8-32/h10-15,28H,3-9H2,1-2H3. The third-order valence-electron chi connectivity index (χ3n) is 7.10. The van der Waals surface area contributed by atoms with Crippen LogP contribution in [-0.2, 0) is 17.1 Å². The monoisotopic (exact) mass is 568 g/mol. The number of hydrogen-bond donors (Lipinski definition) is 1. The van der Waals surface area contributed by atoms with Crippen molar-refractivity contribution in [2.24, 2.45) is 13.0 Å². The van der Waals surface area contributed by atoms with Gasteiger partial charge in [-0.05, 0) is 31.9 Å². The van der Waals surface area contributed by atoms with Gasteiger partial charge in [-0.1, -0.05) is 23.2 Å². The van der Waals surface area contributed by atoms with E-state index < -0.39 is 15.8 Å². The number of Topliss-reactive ketones (excluding diaryl/α,β-unsaturated/α-hetero) is 1. The molecular formula is C24H27Cl2FN6O3S. The van der Waals surface area contributed by atoms with Crippen LogP contribution in [0, 0.1) is 11.7 Å². The number of piperidine rings is 1. The number of sulfonamides is 1. The van der Waals surface area contributed by atoms with E-state index in [4.69, 9.17) is 23.2 Å². The summed E-state index contributed by atoms with van der Waals surface area (Å²) >= 11 is 12.7. The van der Waals surface area contributed by atoms with Gasteiger partial charge in [0.1, 0.15) is 17.3 Å². The Hall–Kier alpha value is -2.31. The Morgan fingerprint density at radius 1 is 1.16 bits per heavy atom. The molecule has 2 fully saturated rings. The minimum absolute atomic E-state index is 0.00787. The number of hydrogen-bond acceptors (Lipinski definition) is 7. The smallest absolute Gasteiger partial charge is 0.262 e. The van der Waals surface area contributed by atoms with E-state index in [-0.39, 0.29) is 32.8 Å². The molecule has 0 saturated carbocycles. The van der Waals surface area contributed by atoms with Crippen molar-refractivity contribution in [1.82, 2.24) is 24.2 Å². The first-order chi connectivity index (χ1) is 17.6. The number of aryl methyl sites for hydroxylation is 1. The Morgan fingerprint density at radius 2 is 1.89 bits per heavy atom. The molecule has 13 heteroatoms. The van der Waals surface area contributed by atoms with Crippen molar-refractivity contribution < 1.29 is 17.6 Å². The Kier molecular flexibility index (Phi) is 7.18. The van der Waals surface area contributed by atoms with Crippen LogP contribution >= 0.6 is 23.2 Å². The number of fused-ring (bicyclic) bond motifs is 1. The summed E-state index contributed by atoms with van der Waals surface area (Å²) in [6, 6.07) is 2.72. The van der Waals surface area contributed by atoms with E-state index in [9.17, 15) is 17.6 Å². The van der Waals surface area contributed by atoms with E-state index in [0.29, 0.717) is 68.0 Å². The first-order valence-corrected chi connectivity index (χ1v) is 14.3. The highest BCUT2D eigenvalue weighted by Crippen LogP contribution is 2.35. The molecule has 0 spiro atoms. The van der Waals surface area contributed by atoms with Crippen LogP contribution < -0.4 is 10.2 Å². The molecule has 37 heavy (non-hydrogen) atoms. The quantitative estimate of drug-likeness (QED) is 0.470. The van der Waals surface area contributed by atoms with Crippen LogP contribution in [0.4, 0.5) is 10.2 Å². The Balaban J connectivity index is 1.41. The molecule has 0 aromatic carbocycles. The van der Waals surface area contributed by atoms with Crippen molar-refractivity contribution in [3.63, 3.8) is 0 Å². The number of halogens is 3. The zero-order chi connectivity index (χ0) is 26.5. The summed E-state index contributed by atoms with van der Waals surface area (Å²) in [6.07, 6.45) is 3.94. The Morgan fingerprint density at radius 3 is 2.57 bits per heavy atom. The van der Waals surface area contributed by atoms with E-state index in [1.165, 1.54) is 16.4 Å². The van der Waals surface area contributed by atoms with Gasteiger partial charge < -0.3 is 14.8 Å². The molecule has 3 aromatic heterocycles. The van der Waals surface area contributed by atoms with Gasteiger partial charge in [0.05, 0.1) is 16.2 Å². The number of piperazine rings is 1. The Bertz CT molecular complexity index is 1470. The highest BCUT2D eigenvalue weighted by molar-refractivity contribution is 7.89. The van der Waals surface area contributed by atoms with E-state index in [1.807, 2.05) is 11.8 Å². The number of ketones is 1. The second-order valence-corrected chi connectivity index (χ2v) is 12.2. The normalized spacial score (nSPS) is 21.5. The summed E-state index contributed by atoms with van der Waals surface area (Å²) in [5.74, 6) is -0.315. The molecule has 0 radical (unpaired) electrons. The number of carbonyl (C=O) groups is 1. The molecule has 2 saturated heterocycles. The summed E-state index contributed by atoms with van der Waals surface area (Å²) in [4.78, 5) is 24.2. The van der Waals surface area contributed by atoms with Gasteiger partial charge >= 0.3 is 0 Å². The van der Waals surface area contributed by atoms with Crippen molar-refractivity contribution in [3.05, 3.63) is 46.0 Å². The van der Waals surface area contributed by atoms with Crippen LogP contribution in [0.3, 0.4) is 0 Å². The van der Waals surface area contributed by atoms with Gasteiger partial charge in [0, 0.05) is 68.9 Å². The molecule has 1 N–H and O–H groups in total. The predicted molar refractivity (Wildman–Crippen MR) is 140 cm³/mol. The lowest BCUT2D eigenvalue weighted by molar-refractivity contribution is 0.0891. The van der Waals surface area contributed by atoms with Gasteiger partial charge in [0.25, 0.3) is 10.0 Å². The average Bonchev–Trinajstić information content (AvgIpc) is 3.19. The highest BCUT2D eigenvalue weighted by atomic mass is 35.5. The number of rotatable bonds is 5. The van der Waals surface area contributed by atoms with Crippen molar-refractivity contribution in [3.8, 4) is 0 Å². The third-order valence-corrected chi connectivity index (χ3v) is 9.63. The summed E-state index contributed by atoms with van der Waals surface area (Å²) < 4.78 is 42.9. The lowest BCUT2D eigenvalue weighted by atomic mass is 9.85. The maximum Gasteiger partial charge on any atom is 0.262 e. The molecule has 2 unspecified atom stereocenters. The third kappa shape index (κ3) is 4.83. The van der Waals surface area contributed by atoms with Crippen LogP contribution in [-0.4, -0.2) is 71.8 Å². The minimum atomic E-state index is -3.87. The fraction of sp³-hybridized carbons (Fsp3) is 0.458. The number of aromatic nitrogens is 3. The molecule has 2 aliphatic heterocycles. The van der Waals surface area contributed by atoms with Crippen LogP contribution in [0.15, 0.2) is 29.6 Å². The van der Waals surface area contributed by atoms with Gasteiger partial charge in [-0.3, -0.25) is 4.79 Å². The molecule has 0 aliphatic carbocycles. The zero-order valence-corrected chi connectivity index (χ0v) is 22.7. The molecule has 198 valence electrons. The molecule has 0 bridgehead atoms. The topological polar surface area (TPSA) is 100 Å². The van der Waals surface area contributed by atoms with Crippen LogP contribution in [0.25, 0.3) is 11.0 Å². The fourth-order valence-electron chi connectivity index (χ4n) is 5.20. The van der Waals surface area contributed by atoms with Crippen molar-refractivity contribution >= 4 is 55.9 Å². The van der Waals surface area contributed by atoms with Crippen molar-refractivity contribution in [1.29, 1.82) is 0 Å². The summed E-state index contributed by atoms with van der Waals surface area (Å²) in [5, 5.41) is 3.68. The summed E-state index contributed by atoms with van der Waals surface area (Å²) in [7, 11) is -2.14. The maximum atomic E-state index is 13.6. The van der Waals surface area contributed by atoms with Crippen LogP contribution in [0.5, 0.6) is 0 Å². The van der Waals surface area contributed by atoms with E-state index in [1.54, 1.807) is 17.8 Å². The molecular weight excluding hydrogens is 542 g/mol. The maximum absolute atomic E-state index is 13.6. The van der Waals surface area contributed by atoms with Crippen LogP contribution in [0.2, 0.25) is 10.0 Å². The SMILES string of the molecule is CC1CC(C(=O)c2cn(C)c3nc(S(=O)(=O)N4CCNCC4)c(Cl)cc23)CCN1c1ncc(F)cc1Cl. The number of nitrogens with one attached hydrogen (secondary N) is 1. The lowest BCUT2D eigenvalue weighted by Crippen LogP contribution is -2.46. The first kappa shape index (κ1) is 26.3. The molecule has 5 heterocycles. The first-order valence-electron chi connectivity index (χ1n) is 12.1. The molecule has 2 aliphatic rings. The number of carbonyl (C=O) groups excluding carboxylic acids is 1.